The topological polar surface area (TPSA) is 193 Å². The second-order valence-corrected chi connectivity index (χ2v) is 5.96. The summed E-state index contributed by atoms with van der Waals surface area (Å²) in [4.78, 5) is 27.3. The fourth-order valence-electron chi connectivity index (χ4n) is 2.62. The molecule has 14 heteroatoms. The van der Waals surface area contributed by atoms with Gasteiger partial charge >= 0.3 is 0 Å². The Morgan fingerprint density at radius 3 is 2.87 bits per heavy atom. The molecule has 0 saturated heterocycles. The maximum Gasteiger partial charge on any atom is 0.294 e. The maximum atomic E-state index is 12.7. The number of hydrogen-bond donors (Lipinski definition) is 2. The fraction of sp³-hybridized carbons (Fsp3) is 0. The van der Waals surface area contributed by atoms with E-state index in [4.69, 9.17) is 5.73 Å². The number of anilines is 1. The molecule has 0 atom stereocenters. The Bertz CT molecular complexity index is 1280. The summed E-state index contributed by atoms with van der Waals surface area (Å²) in [6.45, 7) is 0. The number of nitro benzene ring substituents is 1. The number of benzene rings is 1. The number of hydrazone groups is 1. The second kappa shape index (κ2) is 8.16. The van der Waals surface area contributed by atoms with E-state index in [1.54, 1.807) is 30.6 Å². The molecule has 3 N–H and O–H groups in total. The number of non-ortho nitro benzene ring substituents is 1. The lowest BCUT2D eigenvalue weighted by Gasteiger charge is -2.05. The zero-order valence-corrected chi connectivity index (χ0v) is 15.5. The zero-order chi connectivity index (χ0) is 21.8. The molecule has 31 heavy (non-hydrogen) atoms. The summed E-state index contributed by atoms with van der Waals surface area (Å²) >= 11 is 0. The van der Waals surface area contributed by atoms with Crippen LogP contribution < -0.4 is 11.2 Å². The van der Waals surface area contributed by atoms with Crippen LogP contribution in [-0.2, 0) is 0 Å². The molecule has 0 aliphatic rings. The summed E-state index contributed by atoms with van der Waals surface area (Å²) < 4.78 is 5.69. The molecule has 1 amide bonds. The van der Waals surface area contributed by atoms with Gasteiger partial charge in [0.25, 0.3) is 11.6 Å². The Morgan fingerprint density at radius 1 is 1.29 bits per heavy atom. The largest absolute Gasteiger partial charge is 0.378 e. The normalized spacial score (nSPS) is 11.0. The van der Waals surface area contributed by atoms with Gasteiger partial charge < -0.3 is 5.73 Å². The molecule has 154 valence electrons. The van der Waals surface area contributed by atoms with Gasteiger partial charge in [-0.1, -0.05) is 23.4 Å². The highest BCUT2D eigenvalue weighted by atomic mass is 16.6. The van der Waals surface area contributed by atoms with Crippen molar-refractivity contribution in [2.75, 3.05) is 5.73 Å². The first-order valence-electron chi connectivity index (χ1n) is 8.57. The average molecular weight is 420 g/mol. The molecule has 3 heterocycles. The van der Waals surface area contributed by atoms with Crippen molar-refractivity contribution in [3.63, 3.8) is 0 Å². The van der Waals surface area contributed by atoms with Crippen molar-refractivity contribution in [1.29, 1.82) is 0 Å². The van der Waals surface area contributed by atoms with E-state index in [2.05, 4.69) is 40.8 Å². The van der Waals surface area contributed by atoms with E-state index in [0.717, 1.165) is 4.68 Å². The third kappa shape index (κ3) is 3.93. The third-order valence-corrected chi connectivity index (χ3v) is 3.98. The van der Waals surface area contributed by atoms with Crippen molar-refractivity contribution in [3.8, 4) is 17.1 Å². The highest BCUT2D eigenvalue weighted by Gasteiger charge is 2.26. The van der Waals surface area contributed by atoms with Gasteiger partial charge in [-0.25, -0.2) is 10.1 Å². The van der Waals surface area contributed by atoms with E-state index in [9.17, 15) is 14.9 Å². The Labute approximate surface area is 172 Å². The summed E-state index contributed by atoms with van der Waals surface area (Å²) in [5.41, 5.74) is 8.70. The first-order valence-corrected chi connectivity index (χ1v) is 8.57. The van der Waals surface area contributed by atoms with Crippen molar-refractivity contribution >= 4 is 23.6 Å². The second-order valence-electron chi connectivity index (χ2n) is 5.96. The SMILES string of the molecule is Nc1nonc1-n1nnc(C(=O)NN=Cc2cccnc2)c1-c1cccc([N+](=O)[O-])c1. The first-order chi connectivity index (χ1) is 15.0. The maximum absolute atomic E-state index is 12.7. The quantitative estimate of drug-likeness (QED) is 0.258. The number of nitro groups is 1. The Hall–Kier alpha value is -5.01. The van der Waals surface area contributed by atoms with Gasteiger partial charge in [-0.2, -0.15) is 9.78 Å². The molecule has 4 aromatic rings. The van der Waals surface area contributed by atoms with E-state index in [1.165, 1.54) is 24.4 Å². The fourth-order valence-corrected chi connectivity index (χ4v) is 2.62. The summed E-state index contributed by atoms with van der Waals surface area (Å²) in [5, 5.41) is 29.9. The number of nitrogens with zero attached hydrogens (tertiary/aromatic N) is 8. The monoisotopic (exact) mass is 420 g/mol. The molecule has 4 rings (SSSR count). The van der Waals surface area contributed by atoms with Gasteiger partial charge in [0, 0.05) is 35.7 Å². The summed E-state index contributed by atoms with van der Waals surface area (Å²) in [6.07, 6.45) is 4.55. The Kier molecular flexibility index (Phi) is 5.08. The van der Waals surface area contributed by atoms with Crippen molar-refractivity contribution in [2.45, 2.75) is 0 Å². The molecule has 0 fully saturated rings. The van der Waals surface area contributed by atoms with E-state index >= 15 is 0 Å². The smallest absolute Gasteiger partial charge is 0.294 e. The Morgan fingerprint density at radius 2 is 2.16 bits per heavy atom. The predicted molar refractivity (Wildman–Crippen MR) is 105 cm³/mol. The van der Waals surface area contributed by atoms with Crippen LogP contribution in [0, 0.1) is 10.1 Å². The lowest BCUT2D eigenvalue weighted by atomic mass is 10.1. The van der Waals surface area contributed by atoms with Crippen LogP contribution in [0.5, 0.6) is 0 Å². The Balaban J connectivity index is 1.74. The highest BCUT2D eigenvalue weighted by molar-refractivity contribution is 5.99. The lowest BCUT2D eigenvalue weighted by molar-refractivity contribution is -0.384. The van der Waals surface area contributed by atoms with E-state index in [-0.39, 0.29) is 34.3 Å². The number of nitrogen functional groups attached to an aromatic ring is 1. The van der Waals surface area contributed by atoms with Crippen molar-refractivity contribution in [3.05, 3.63) is 70.2 Å². The van der Waals surface area contributed by atoms with E-state index in [0.29, 0.717) is 5.56 Å². The number of carbonyl (C=O) groups excluding carboxylic acids is 1. The summed E-state index contributed by atoms with van der Waals surface area (Å²) in [7, 11) is 0. The van der Waals surface area contributed by atoms with Gasteiger partial charge in [0.1, 0.15) is 5.69 Å². The third-order valence-electron chi connectivity index (χ3n) is 3.98. The lowest BCUT2D eigenvalue weighted by Crippen LogP contribution is -2.19. The molecule has 3 aromatic heterocycles. The highest BCUT2D eigenvalue weighted by Crippen LogP contribution is 2.28. The van der Waals surface area contributed by atoms with Crippen LogP contribution in [0.25, 0.3) is 17.1 Å². The van der Waals surface area contributed by atoms with Crippen LogP contribution >= 0.6 is 0 Å². The standard InChI is InChI=1S/C17H12N10O4/c18-15-16(24-31-23-15)26-14(11-4-1-5-12(7-11)27(29)30)13(21-25-26)17(28)22-20-9-10-3-2-6-19-8-10/h1-9H,(H2,18,23)(H,22,28). The molecule has 0 radical (unpaired) electrons. The molecule has 0 saturated carbocycles. The van der Waals surface area contributed by atoms with Gasteiger partial charge in [-0.3, -0.25) is 19.9 Å². The van der Waals surface area contributed by atoms with Crippen molar-refractivity contribution in [2.24, 2.45) is 5.10 Å². The number of rotatable bonds is 6. The predicted octanol–water partition coefficient (Wildman–Crippen LogP) is 0.967. The minimum Gasteiger partial charge on any atom is -0.378 e. The van der Waals surface area contributed by atoms with Gasteiger partial charge in [0.15, 0.2) is 5.69 Å². The van der Waals surface area contributed by atoms with Crippen LogP contribution in [0.2, 0.25) is 0 Å². The molecule has 14 nitrogen and oxygen atoms in total. The van der Waals surface area contributed by atoms with Crippen LogP contribution in [-0.4, -0.2) is 47.3 Å². The molecular formula is C17H12N10O4. The molecule has 0 aliphatic carbocycles. The summed E-state index contributed by atoms with van der Waals surface area (Å²) in [5.74, 6) is -0.868. The minimum atomic E-state index is -0.720. The number of nitrogens with two attached hydrogens (primary N) is 1. The van der Waals surface area contributed by atoms with Gasteiger partial charge in [-0.15, -0.1) is 5.10 Å². The van der Waals surface area contributed by atoms with Gasteiger partial charge in [0.05, 0.1) is 11.1 Å². The van der Waals surface area contributed by atoms with Crippen LogP contribution in [0.4, 0.5) is 11.5 Å². The average Bonchev–Trinajstić information content (AvgIpc) is 3.40. The number of carbonyl (C=O) groups is 1. The number of amides is 1. The van der Waals surface area contributed by atoms with Gasteiger partial charge in [-0.05, 0) is 16.4 Å². The van der Waals surface area contributed by atoms with E-state index in [1.807, 2.05) is 0 Å². The molecule has 0 bridgehead atoms. The zero-order valence-electron chi connectivity index (χ0n) is 15.5. The molecule has 0 unspecified atom stereocenters. The number of aromatic nitrogens is 6. The van der Waals surface area contributed by atoms with E-state index < -0.39 is 10.8 Å². The van der Waals surface area contributed by atoms with Gasteiger partial charge in [0.2, 0.25) is 11.6 Å². The van der Waals surface area contributed by atoms with Crippen molar-refractivity contribution in [1.82, 2.24) is 35.7 Å². The number of hydrogen-bond acceptors (Lipinski definition) is 11. The van der Waals surface area contributed by atoms with Crippen LogP contribution in [0.15, 0.2) is 58.5 Å². The van der Waals surface area contributed by atoms with Crippen molar-refractivity contribution < 1.29 is 14.3 Å². The van der Waals surface area contributed by atoms with Crippen LogP contribution in [0.1, 0.15) is 16.1 Å². The molecule has 0 spiro atoms. The number of nitrogens with one attached hydrogen (secondary N) is 1. The minimum absolute atomic E-state index is 0.0353. The van der Waals surface area contributed by atoms with Crippen LogP contribution in [0.3, 0.4) is 0 Å². The summed E-state index contributed by atoms with van der Waals surface area (Å²) in [6, 6.07) is 9.02. The first kappa shape index (κ1) is 19.3. The molecular weight excluding hydrogens is 408 g/mol. The molecule has 0 aliphatic heterocycles. The molecule has 1 aromatic carbocycles. The number of pyridine rings is 1.